The minimum Gasteiger partial charge on any atom is -0.379 e. The first-order valence-electron chi connectivity index (χ1n) is 16.3. The Balaban J connectivity index is 1.08. The summed E-state index contributed by atoms with van der Waals surface area (Å²) in [5.41, 5.74) is 5.87. The molecule has 1 amide bonds. The molecule has 0 bridgehead atoms. The first kappa shape index (κ1) is 30.7. The number of rotatable bonds is 8. The van der Waals surface area contributed by atoms with Crippen LogP contribution in [0.1, 0.15) is 47.4 Å². The van der Waals surface area contributed by atoms with Gasteiger partial charge in [-0.2, -0.15) is 5.10 Å². The van der Waals surface area contributed by atoms with Crippen LogP contribution in [0.2, 0.25) is 5.02 Å². The van der Waals surface area contributed by atoms with Crippen LogP contribution in [0.3, 0.4) is 0 Å². The van der Waals surface area contributed by atoms with Crippen LogP contribution in [0.15, 0.2) is 59.5 Å². The lowest BCUT2D eigenvalue weighted by Crippen LogP contribution is -2.39. The fraction of sp³-hybridized carbons (Fsp3) is 0.429. The molecule has 0 radical (unpaired) electrons. The lowest BCUT2D eigenvalue weighted by atomic mass is 9.85. The van der Waals surface area contributed by atoms with E-state index in [1.807, 2.05) is 53.3 Å². The number of halogens is 1. The van der Waals surface area contributed by atoms with Crippen LogP contribution in [0.25, 0.3) is 27.6 Å². The molecule has 4 heterocycles. The highest BCUT2D eigenvalue weighted by Gasteiger charge is 2.26. The Kier molecular flexibility index (Phi) is 8.68. The number of para-hydroxylation sites is 2. The molecular formula is C35H40ClN7O3. The largest absolute Gasteiger partial charge is 0.379 e. The van der Waals surface area contributed by atoms with E-state index in [4.69, 9.17) is 21.4 Å². The molecule has 240 valence electrons. The van der Waals surface area contributed by atoms with Crippen molar-refractivity contribution in [2.75, 3.05) is 32.8 Å². The fourth-order valence-electron chi connectivity index (χ4n) is 7.08. The number of fused-ring (bicyclic) bond motifs is 2. The maximum atomic E-state index is 14.1. The zero-order valence-electron chi connectivity index (χ0n) is 26.4. The molecule has 1 N–H and O–H groups in total. The summed E-state index contributed by atoms with van der Waals surface area (Å²) in [6.07, 6.45) is 5.14. The normalized spacial score (nSPS) is 19.2. The van der Waals surface area contributed by atoms with Crippen molar-refractivity contribution >= 4 is 39.4 Å². The number of hydrogen-bond donors (Lipinski definition) is 1. The Morgan fingerprint density at radius 2 is 1.72 bits per heavy atom. The number of ether oxygens (including phenoxy) is 1. The van der Waals surface area contributed by atoms with E-state index in [-0.39, 0.29) is 17.6 Å². The summed E-state index contributed by atoms with van der Waals surface area (Å²) in [4.78, 5) is 33.7. The molecule has 3 aromatic heterocycles. The molecule has 1 saturated heterocycles. The molecule has 0 atom stereocenters. The second-order valence-electron chi connectivity index (χ2n) is 12.7. The Morgan fingerprint density at radius 3 is 2.50 bits per heavy atom. The molecule has 10 nitrogen and oxygen atoms in total. The molecule has 1 aliphatic heterocycles. The summed E-state index contributed by atoms with van der Waals surface area (Å²) in [5.74, 6) is 0.208. The molecule has 2 fully saturated rings. The van der Waals surface area contributed by atoms with Gasteiger partial charge in [0.2, 0.25) is 0 Å². The Morgan fingerprint density at radius 1 is 0.957 bits per heavy atom. The van der Waals surface area contributed by atoms with Gasteiger partial charge in [-0.25, -0.2) is 4.79 Å². The zero-order chi connectivity index (χ0) is 31.8. The number of hydrogen-bond acceptors (Lipinski definition) is 6. The molecule has 0 unspecified atom stereocenters. The van der Waals surface area contributed by atoms with Crippen LogP contribution in [0, 0.1) is 19.8 Å². The molecule has 2 aliphatic rings. The summed E-state index contributed by atoms with van der Waals surface area (Å²) in [7, 11) is 0. The summed E-state index contributed by atoms with van der Waals surface area (Å²) in [6.45, 7) is 9.72. The van der Waals surface area contributed by atoms with Crippen LogP contribution in [-0.2, 0) is 17.8 Å². The van der Waals surface area contributed by atoms with Gasteiger partial charge in [0.25, 0.3) is 5.91 Å². The van der Waals surface area contributed by atoms with E-state index in [0.29, 0.717) is 28.7 Å². The van der Waals surface area contributed by atoms with E-state index in [1.165, 1.54) is 0 Å². The van der Waals surface area contributed by atoms with E-state index in [9.17, 15) is 9.59 Å². The molecule has 1 aliphatic carbocycles. The smallest absolute Gasteiger partial charge is 0.333 e. The second kappa shape index (κ2) is 13.0. The zero-order valence-corrected chi connectivity index (χ0v) is 27.2. The number of pyridine rings is 1. The Labute approximate surface area is 272 Å². The van der Waals surface area contributed by atoms with E-state index in [2.05, 4.69) is 32.0 Å². The van der Waals surface area contributed by atoms with Crippen LogP contribution < -0.4 is 11.0 Å². The molecule has 11 heteroatoms. The van der Waals surface area contributed by atoms with Crippen molar-refractivity contribution in [3.63, 3.8) is 0 Å². The van der Waals surface area contributed by atoms with Gasteiger partial charge in [-0.05, 0) is 81.8 Å². The van der Waals surface area contributed by atoms with E-state index in [1.54, 1.807) is 12.3 Å². The maximum Gasteiger partial charge on any atom is 0.333 e. The summed E-state index contributed by atoms with van der Waals surface area (Å²) in [6, 6.07) is 16.0. The third kappa shape index (κ3) is 6.09. The van der Waals surface area contributed by atoms with Crippen LogP contribution in [0.4, 0.5) is 0 Å². The average Bonchev–Trinajstić information content (AvgIpc) is 3.54. The predicted octanol–water partition coefficient (Wildman–Crippen LogP) is 5.13. The van der Waals surface area contributed by atoms with Gasteiger partial charge in [-0.1, -0.05) is 23.7 Å². The van der Waals surface area contributed by atoms with Crippen LogP contribution >= 0.6 is 11.6 Å². The van der Waals surface area contributed by atoms with Crippen molar-refractivity contribution in [2.45, 2.75) is 58.7 Å². The van der Waals surface area contributed by atoms with Gasteiger partial charge in [0.15, 0.2) is 0 Å². The molecule has 7 rings (SSSR count). The SMILES string of the molecule is Cc1ncc(Cl)cc1C(=O)N[C@H]1CC[C@H](Cn2c(=O)n(-c3ccc4c(c3)c(C)nn4CCN3CCOCC3)c3ccccc32)CC1. The van der Waals surface area contributed by atoms with E-state index >= 15 is 0 Å². The standard InChI is InChI=1S/C35H40ClN7O3/c1-23-30(19-26(36)21-37-23)34(44)38-27-9-7-25(8-10-27)22-41-32-5-3-4-6-33(32)43(35(41)45)28-11-12-31-29(20-28)24(2)39-42(31)14-13-40-15-17-46-18-16-40/h3-6,11-12,19-21,25,27H,7-10,13-18,22H2,1-2H3,(H,38,44)/t25-,27-. The Hall–Kier alpha value is -3.99. The number of aryl methyl sites for hydroxylation is 2. The van der Waals surface area contributed by atoms with Gasteiger partial charge in [-0.3, -0.25) is 28.5 Å². The highest BCUT2D eigenvalue weighted by atomic mass is 35.5. The van der Waals surface area contributed by atoms with E-state index in [0.717, 1.165) is 98.4 Å². The average molecular weight is 642 g/mol. The molecule has 2 aromatic carbocycles. The summed E-state index contributed by atoms with van der Waals surface area (Å²) in [5, 5.41) is 9.55. The van der Waals surface area contributed by atoms with Crippen molar-refractivity contribution in [3.05, 3.63) is 87.2 Å². The topological polar surface area (TPSA) is 99.2 Å². The van der Waals surface area contributed by atoms with Crippen molar-refractivity contribution in [1.29, 1.82) is 0 Å². The van der Waals surface area contributed by atoms with Gasteiger partial charge in [0, 0.05) is 43.8 Å². The second-order valence-corrected chi connectivity index (χ2v) is 13.1. The molecule has 5 aromatic rings. The Bertz CT molecular complexity index is 1950. The number of carbonyl (C=O) groups excluding carboxylic acids is 1. The van der Waals surface area contributed by atoms with Gasteiger partial charge in [0.1, 0.15) is 0 Å². The lowest BCUT2D eigenvalue weighted by Gasteiger charge is -2.29. The first-order chi connectivity index (χ1) is 22.4. The molecule has 46 heavy (non-hydrogen) atoms. The number of aromatic nitrogens is 5. The first-order valence-corrected chi connectivity index (χ1v) is 16.6. The molecular weight excluding hydrogens is 602 g/mol. The lowest BCUT2D eigenvalue weighted by molar-refractivity contribution is 0.0361. The quantitative estimate of drug-likeness (QED) is 0.252. The predicted molar refractivity (Wildman–Crippen MR) is 180 cm³/mol. The third-order valence-corrected chi connectivity index (χ3v) is 9.87. The number of morpholine rings is 1. The maximum absolute atomic E-state index is 14.1. The summed E-state index contributed by atoms with van der Waals surface area (Å²) < 4.78 is 11.3. The van der Waals surface area contributed by atoms with Crippen LogP contribution in [0.5, 0.6) is 0 Å². The molecule has 0 spiro atoms. The molecule has 1 saturated carbocycles. The number of amides is 1. The van der Waals surface area contributed by atoms with E-state index < -0.39 is 0 Å². The number of nitrogens with zero attached hydrogens (tertiary/aromatic N) is 6. The fourth-order valence-corrected chi connectivity index (χ4v) is 7.24. The van der Waals surface area contributed by atoms with Crippen molar-refractivity contribution in [3.8, 4) is 5.69 Å². The minimum absolute atomic E-state index is 0.0303. The van der Waals surface area contributed by atoms with Gasteiger partial charge in [-0.15, -0.1) is 0 Å². The highest BCUT2D eigenvalue weighted by Crippen LogP contribution is 2.29. The number of carbonyl (C=O) groups is 1. The monoisotopic (exact) mass is 641 g/mol. The number of nitrogens with one attached hydrogen (secondary N) is 1. The van der Waals surface area contributed by atoms with Crippen LogP contribution in [-0.4, -0.2) is 73.6 Å². The number of benzene rings is 2. The van der Waals surface area contributed by atoms with Crippen molar-refractivity contribution < 1.29 is 9.53 Å². The van der Waals surface area contributed by atoms with Crippen molar-refractivity contribution in [1.82, 2.24) is 34.1 Å². The minimum atomic E-state index is -0.134. The number of imidazole rings is 1. The van der Waals surface area contributed by atoms with Crippen molar-refractivity contribution in [2.24, 2.45) is 5.92 Å². The third-order valence-electron chi connectivity index (χ3n) is 9.67. The van der Waals surface area contributed by atoms with Gasteiger partial charge < -0.3 is 10.1 Å². The van der Waals surface area contributed by atoms with Gasteiger partial charge in [0.05, 0.1) is 64.0 Å². The highest BCUT2D eigenvalue weighted by molar-refractivity contribution is 6.30. The summed E-state index contributed by atoms with van der Waals surface area (Å²) >= 11 is 6.08. The van der Waals surface area contributed by atoms with Gasteiger partial charge >= 0.3 is 5.69 Å².